The highest BCUT2D eigenvalue weighted by atomic mass is 16.6. The molecule has 18 heavy (non-hydrogen) atoms. The second kappa shape index (κ2) is 6.16. The molecule has 2 rings (SSSR count). The van der Waals surface area contributed by atoms with Crippen LogP contribution in [0.1, 0.15) is 40.5 Å². The molecule has 0 aromatic carbocycles. The molecule has 2 fully saturated rings. The van der Waals surface area contributed by atoms with E-state index in [1.165, 1.54) is 18.6 Å². The van der Waals surface area contributed by atoms with E-state index >= 15 is 0 Å². The van der Waals surface area contributed by atoms with Gasteiger partial charge in [-0.15, -0.1) is 0 Å². The Hall–Kier alpha value is -0.410. The highest BCUT2D eigenvalue weighted by Gasteiger charge is 2.38. The molecule has 0 aromatic rings. The van der Waals surface area contributed by atoms with E-state index in [9.17, 15) is 0 Å². The van der Waals surface area contributed by atoms with Crippen LogP contribution < -0.4 is 5.32 Å². The number of epoxide rings is 1. The van der Waals surface area contributed by atoms with Crippen LogP contribution in [-0.4, -0.2) is 37.6 Å². The van der Waals surface area contributed by atoms with Crippen molar-refractivity contribution in [2.75, 3.05) is 19.7 Å². The van der Waals surface area contributed by atoms with Crippen LogP contribution in [-0.2, 0) is 4.74 Å². The maximum Gasteiger partial charge on any atom is 0.0850 e. The smallest absolute Gasteiger partial charge is 0.0850 e. The fraction of sp³-hybridized carbons (Fsp3) is 0.933. The summed E-state index contributed by atoms with van der Waals surface area (Å²) in [6.07, 6.45) is 2.94. The van der Waals surface area contributed by atoms with Crippen molar-refractivity contribution in [1.82, 2.24) is 5.32 Å². The highest BCUT2D eigenvalue weighted by Crippen LogP contribution is 2.32. The summed E-state index contributed by atoms with van der Waals surface area (Å²) in [6.45, 7) is 12.1. The van der Waals surface area contributed by atoms with Crippen molar-refractivity contribution in [3.63, 3.8) is 0 Å². The summed E-state index contributed by atoms with van der Waals surface area (Å²) in [5.74, 6) is 2.07. The van der Waals surface area contributed by atoms with Crippen LogP contribution in [0.3, 0.4) is 0 Å². The van der Waals surface area contributed by atoms with E-state index in [1.807, 2.05) is 0 Å². The minimum absolute atomic E-state index is 0.481. The molecule has 0 spiro atoms. The Morgan fingerprint density at radius 2 is 2.11 bits per heavy atom. The Morgan fingerprint density at radius 3 is 2.67 bits per heavy atom. The van der Waals surface area contributed by atoms with Gasteiger partial charge in [0.1, 0.15) is 0 Å². The van der Waals surface area contributed by atoms with E-state index in [-0.39, 0.29) is 0 Å². The van der Waals surface area contributed by atoms with Gasteiger partial charge in [-0.3, -0.25) is 4.99 Å². The number of rotatable bonds is 4. The van der Waals surface area contributed by atoms with E-state index in [2.05, 4.69) is 33.0 Å². The number of aliphatic imine (C=N–C) groups is 1. The number of nitrogens with zero attached hydrogens (tertiary/aromatic N) is 1. The van der Waals surface area contributed by atoms with Gasteiger partial charge in [-0.1, -0.05) is 20.3 Å². The van der Waals surface area contributed by atoms with Crippen LogP contribution in [0.4, 0.5) is 0 Å². The van der Waals surface area contributed by atoms with E-state index in [0.717, 1.165) is 25.6 Å². The third kappa shape index (κ3) is 3.55. The maximum atomic E-state index is 5.49. The van der Waals surface area contributed by atoms with Crippen molar-refractivity contribution in [2.24, 2.45) is 22.7 Å². The number of ether oxygens (including phenoxy) is 1. The molecule has 0 aromatic heterocycles. The largest absolute Gasteiger partial charge is 0.373 e. The first-order chi connectivity index (χ1) is 8.61. The molecule has 104 valence electrons. The van der Waals surface area contributed by atoms with Gasteiger partial charge in [0.25, 0.3) is 0 Å². The Morgan fingerprint density at radius 1 is 1.39 bits per heavy atom. The molecule has 2 saturated heterocycles. The zero-order chi connectivity index (χ0) is 13.1. The van der Waals surface area contributed by atoms with Gasteiger partial charge in [0.05, 0.1) is 18.8 Å². The molecule has 0 radical (unpaired) electrons. The summed E-state index contributed by atoms with van der Waals surface area (Å²) < 4.78 is 5.49. The fourth-order valence-corrected chi connectivity index (χ4v) is 3.11. The van der Waals surface area contributed by atoms with Gasteiger partial charge in [0.15, 0.2) is 0 Å². The third-order valence-electron chi connectivity index (χ3n) is 4.51. The second-order valence-corrected chi connectivity index (χ2v) is 6.22. The third-order valence-corrected chi connectivity index (χ3v) is 4.51. The summed E-state index contributed by atoms with van der Waals surface area (Å²) in [4.78, 5) is 4.93. The minimum Gasteiger partial charge on any atom is -0.373 e. The molecule has 0 aliphatic carbocycles. The van der Waals surface area contributed by atoms with Crippen molar-refractivity contribution in [1.29, 1.82) is 0 Å². The number of hydrogen-bond acceptors (Lipinski definition) is 3. The van der Waals surface area contributed by atoms with Crippen molar-refractivity contribution >= 4 is 5.71 Å². The average molecular weight is 252 g/mol. The molecule has 2 heterocycles. The Bertz CT molecular complexity index is 295. The van der Waals surface area contributed by atoms with E-state index in [1.54, 1.807) is 0 Å². The first kappa shape index (κ1) is 14.0. The molecule has 0 bridgehead atoms. The molecular weight excluding hydrogens is 224 g/mol. The summed E-state index contributed by atoms with van der Waals surface area (Å²) in [6, 6.07) is 0.481. The highest BCUT2D eigenvalue weighted by molar-refractivity contribution is 5.79. The normalized spacial score (nSPS) is 37.8. The topological polar surface area (TPSA) is 36.9 Å². The van der Waals surface area contributed by atoms with Crippen LogP contribution in [0.25, 0.3) is 0 Å². The first-order valence-electron chi connectivity index (χ1n) is 7.45. The molecule has 2 aliphatic heterocycles. The van der Waals surface area contributed by atoms with Crippen LogP contribution in [0, 0.1) is 17.8 Å². The van der Waals surface area contributed by atoms with Crippen LogP contribution in [0.2, 0.25) is 0 Å². The molecule has 5 unspecified atom stereocenters. The Balaban J connectivity index is 2.09. The molecule has 1 N–H and O–H groups in total. The predicted octanol–water partition coefficient (Wildman–Crippen LogP) is 2.51. The summed E-state index contributed by atoms with van der Waals surface area (Å²) in [5.41, 5.74) is 1.21. The SMILES string of the molecule is CCC(C)C1CNCC(C2CO2)CC1N=C(C)C. The van der Waals surface area contributed by atoms with Crippen molar-refractivity contribution in [3.05, 3.63) is 0 Å². The second-order valence-electron chi connectivity index (χ2n) is 6.22. The summed E-state index contributed by atoms with van der Waals surface area (Å²) >= 11 is 0. The van der Waals surface area contributed by atoms with E-state index < -0.39 is 0 Å². The van der Waals surface area contributed by atoms with Gasteiger partial charge < -0.3 is 10.1 Å². The zero-order valence-electron chi connectivity index (χ0n) is 12.3. The maximum absolute atomic E-state index is 5.49. The lowest BCUT2D eigenvalue weighted by molar-refractivity contribution is 0.267. The van der Waals surface area contributed by atoms with Gasteiger partial charge in [-0.25, -0.2) is 0 Å². The lowest BCUT2D eigenvalue weighted by atomic mass is 9.82. The molecule has 0 amide bonds. The fourth-order valence-electron chi connectivity index (χ4n) is 3.11. The standard InChI is InChI=1S/C15H28N2O/c1-5-11(4)13-8-16-7-12(15-9-18-15)6-14(13)17-10(2)3/h11-16H,5-9H2,1-4H3. The van der Waals surface area contributed by atoms with Gasteiger partial charge in [0, 0.05) is 24.7 Å². The average Bonchev–Trinajstić information content (AvgIpc) is 3.13. The first-order valence-corrected chi connectivity index (χ1v) is 7.45. The summed E-state index contributed by atoms with van der Waals surface area (Å²) in [5, 5.41) is 3.64. The lowest BCUT2D eigenvalue weighted by Gasteiger charge is -2.28. The van der Waals surface area contributed by atoms with Crippen LogP contribution in [0.15, 0.2) is 4.99 Å². The molecular formula is C15H28N2O. The molecule has 5 atom stereocenters. The minimum atomic E-state index is 0.481. The zero-order valence-corrected chi connectivity index (χ0v) is 12.3. The lowest BCUT2D eigenvalue weighted by Crippen LogP contribution is -2.32. The van der Waals surface area contributed by atoms with Gasteiger partial charge in [-0.2, -0.15) is 0 Å². The predicted molar refractivity (Wildman–Crippen MR) is 76.2 cm³/mol. The van der Waals surface area contributed by atoms with Crippen LogP contribution in [0.5, 0.6) is 0 Å². The number of hydrogen-bond donors (Lipinski definition) is 1. The Kier molecular flexibility index (Phi) is 4.79. The van der Waals surface area contributed by atoms with Gasteiger partial charge in [0.2, 0.25) is 0 Å². The van der Waals surface area contributed by atoms with Gasteiger partial charge in [-0.05, 0) is 32.1 Å². The van der Waals surface area contributed by atoms with Gasteiger partial charge >= 0.3 is 0 Å². The molecule has 3 heteroatoms. The number of nitrogens with one attached hydrogen (secondary N) is 1. The van der Waals surface area contributed by atoms with Crippen molar-refractivity contribution in [2.45, 2.75) is 52.7 Å². The molecule has 3 nitrogen and oxygen atoms in total. The summed E-state index contributed by atoms with van der Waals surface area (Å²) in [7, 11) is 0. The molecule has 0 saturated carbocycles. The quantitative estimate of drug-likeness (QED) is 0.616. The van der Waals surface area contributed by atoms with E-state index in [4.69, 9.17) is 9.73 Å². The van der Waals surface area contributed by atoms with Crippen molar-refractivity contribution < 1.29 is 4.74 Å². The Labute approximate surface area is 111 Å². The van der Waals surface area contributed by atoms with E-state index in [0.29, 0.717) is 24.0 Å². The monoisotopic (exact) mass is 252 g/mol. The molecule has 2 aliphatic rings. The van der Waals surface area contributed by atoms with Crippen LogP contribution >= 0.6 is 0 Å². The van der Waals surface area contributed by atoms with Crippen molar-refractivity contribution in [3.8, 4) is 0 Å².